The number of thiazole rings is 1. The number of furan rings is 1. The Morgan fingerprint density at radius 1 is 1.16 bits per heavy atom. The molecular weight excluding hydrogens is 424 g/mol. The van der Waals surface area contributed by atoms with E-state index in [1.807, 2.05) is 47.4 Å². The lowest BCUT2D eigenvalue weighted by Crippen LogP contribution is -2.42. The zero-order valence-corrected chi connectivity index (χ0v) is 18.0. The summed E-state index contributed by atoms with van der Waals surface area (Å²) in [5, 5.41) is 1.87. The molecule has 0 saturated carbocycles. The van der Waals surface area contributed by atoms with Gasteiger partial charge in [0.2, 0.25) is 11.5 Å². The van der Waals surface area contributed by atoms with E-state index in [0.717, 1.165) is 28.8 Å². The van der Waals surface area contributed by atoms with Gasteiger partial charge in [-0.1, -0.05) is 24.3 Å². The van der Waals surface area contributed by atoms with Crippen LogP contribution in [0.3, 0.4) is 0 Å². The van der Waals surface area contributed by atoms with Crippen molar-refractivity contribution in [3.63, 3.8) is 0 Å². The van der Waals surface area contributed by atoms with Crippen LogP contribution in [0.4, 0.5) is 0 Å². The van der Waals surface area contributed by atoms with Gasteiger partial charge in [-0.2, -0.15) is 0 Å². The van der Waals surface area contributed by atoms with E-state index in [4.69, 9.17) is 9.40 Å². The van der Waals surface area contributed by atoms with Gasteiger partial charge in [0.15, 0.2) is 0 Å². The number of aromatic nitrogens is 3. The zero-order chi connectivity index (χ0) is 21.7. The van der Waals surface area contributed by atoms with Crippen LogP contribution in [-0.4, -0.2) is 38.4 Å². The topological polar surface area (TPSA) is 81.2 Å². The molecule has 7 nitrogen and oxygen atoms in total. The largest absolute Gasteiger partial charge is 0.448 e. The number of fused-ring (bicyclic) bond motifs is 4. The maximum atomic E-state index is 13.1. The summed E-state index contributed by atoms with van der Waals surface area (Å²) in [6.45, 7) is 1.26. The lowest BCUT2D eigenvalue weighted by molar-refractivity contribution is -0.133. The van der Waals surface area contributed by atoms with E-state index in [-0.39, 0.29) is 29.5 Å². The highest BCUT2D eigenvalue weighted by atomic mass is 32.1. The van der Waals surface area contributed by atoms with Gasteiger partial charge in [-0.15, -0.1) is 11.3 Å². The van der Waals surface area contributed by atoms with E-state index in [2.05, 4.69) is 11.1 Å². The van der Waals surface area contributed by atoms with Crippen LogP contribution in [0.1, 0.15) is 23.8 Å². The number of likely N-dealkylation sites (tertiary alicyclic amines) is 1. The highest BCUT2D eigenvalue weighted by molar-refractivity contribution is 7.18. The first kappa shape index (κ1) is 19.2. The number of amides is 1. The van der Waals surface area contributed by atoms with Gasteiger partial charge in [-0.3, -0.25) is 14.2 Å². The molecule has 1 fully saturated rings. The van der Waals surface area contributed by atoms with E-state index < -0.39 is 0 Å². The van der Waals surface area contributed by atoms with Crippen LogP contribution in [-0.2, 0) is 11.3 Å². The number of carbonyl (C=O) groups is 1. The molecule has 2 aromatic carbocycles. The molecule has 0 aliphatic carbocycles. The Morgan fingerprint density at radius 2 is 2.00 bits per heavy atom. The first-order chi connectivity index (χ1) is 15.7. The van der Waals surface area contributed by atoms with Crippen LogP contribution in [0.2, 0.25) is 0 Å². The fourth-order valence-corrected chi connectivity index (χ4v) is 5.54. The smallest absolute Gasteiger partial charge is 0.297 e. The van der Waals surface area contributed by atoms with E-state index >= 15 is 0 Å². The molecule has 3 aromatic heterocycles. The highest BCUT2D eigenvalue weighted by Crippen LogP contribution is 2.33. The lowest BCUT2D eigenvalue weighted by Gasteiger charge is -2.32. The van der Waals surface area contributed by atoms with Gasteiger partial charge >= 0.3 is 0 Å². The van der Waals surface area contributed by atoms with Crippen molar-refractivity contribution in [3.8, 4) is 0 Å². The van der Waals surface area contributed by atoms with E-state index in [9.17, 15) is 9.59 Å². The predicted octanol–water partition coefficient (Wildman–Crippen LogP) is 4.16. The molecular formula is C24H20N4O3S. The molecule has 1 aliphatic heterocycles. The van der Waals surface area contributed by atoms with Crippen LogP contribution in [0, 0.1) is 0 Å². The molecule has 1 aliphatic rings. The molecule has 4 heterocycles. The third kappa shape index (κ3) is 3.18. The third-order valence-electron chi connectivity index (χ3n) is 6.09. The summed E-state index contributed by atoms with van der Waals surface area (Å²) in [5.74, 6) is 0.132. The summed E-state index contributed by atoms with van der Waals surface area (Å²) >= 11 is 1.70. The average Bonchev–Trinajstić information content (AvgIpc) is 3.43. The van der Waals surface area contributed by atoms with E-state index in [0.29, 0.717) is 24.2 Å². The average molecular weight is 445 g/mol. The van der Waals surface area contributed by atoms with Crippen molar-refractivity contribution >= 4 is 49.5 Å². The molecule has 8 heteroatoms. The molecule has 0 unspecified atom stereocenters. The van der Waals surface area contributed by atoms with Crippen molar-refractivity contribution in [1.82, 2.24) is 19.4 Å². The highest BCUT2D eigenvalue weighted by Gasteiger charge is 2.27. The number of benzene rings is 2. The van der Waals surface area contributed by atoms with Crippen LogP contribution >= 0.6 is 11.3 Å². The zero-order valence-electron chi connectivity index (χ0n) is 17.2. The molecule has 5 aromatic rings. The second-order valence-corrected chi connectivity index (χ2v) is 9.21. The Balaban J connectivity index is 1.24. The molecule has 32 heavy (non-hydrogen) atoms. The maximum absolute atomic E-state index is 13.1. The fraction of sp³-hybridized carbons (Fsp3) is 0.250. The summed E-state index contributed by atoms with van der Waals surface area (Å²) in [5.41, 5.74) is 2.01. The van der Waals surface area contributed by atoms with Crippen molar-refractivity contribution in [3.05, 3.63) is 70.2 Å². The number of nitrogens with zero attached hydrogens (tertiary/aromatic N) is 4. The summed E-state index contributed by atoms with van der Waals surface area (Å²) in [6, 6.07) is 15.5. The Hall–Kier alpha value is -3.52. The number of para-hydroxylation sites is 2. The Bertz CT molecular complexity index is 1500. The molecule has 160 valence electrons. The minimum Gasteiger partial charge on any atom is -0.448 e. The van der Waals surface area contributed by atoms with Crippen LogP contribution in [0.15, 0.2) is 64.1 Å². The maximum Gasteiger partial charge on any atom is 0.297 e. The van der Waals surface area contributed by atoms with Gasteiger partial charge in [-0.25, -0.2) is 9.97 Å². The quantitative estimate of drug-likeness (QED) is 0.417. The minimum atomic E-state index is -0.334. The summed E-state index contributed by atoms with van der Waals surface area (Å²) in [7, 11) is 0. The van der Waals surface area contributed by atoms with E-state index in [1.54, 1.807) is 11.3 Å². The van der Waals surface area contributed by atoms with Crippen molar-refractivity contribution in [2.45, 2.75) is 25.3 Å². The lowest BCUT2D eigenvalue weighted by atomic mass is 9.98. The number of rotatable bonds is 3. The van der Waals surface area contributed by atoms with Crippen molar-refractivity contribution in [2.24, 2.45) is 0 Å². The fourth-order valence-electron chi connectivity index (χ4n) is 4.44. The van der Waals surface area contributed by atoms with Crippen LogP contribution < -0.4 is 5.56 Å². The predicted molar refractivity (Wildman–Crippen MR) is 124 cm³/mol. The SMILES string of the molecule is O=C(Cn1cnc2c(oc3ccccc32)c1=O)N1CCC[C@H](c2nc3ccccc3s2)C1. The van der Waals surface area contributed by atoms with Gasteiger partial charge < -0.3 is 9.32 Å². The standard InChI is InChI=1S/C24H20N4O3S/c29-20(13-28-14-25-21-16-7-1-3-9-18(16)31-22(21)24(28)30)27-11-5-6-15(12-27)23-26-17-8-2-4-10-19(17)32-23/h1-4,7-10,14-15H,5-6,11-13H2/t15-/m0/s1. The van der Waals surface area contributed by atoms with E-state index in [1.165, 1.54) is 15.6 Å². The Morgan fingerprint density at radius 3 is 2.91 bits per heavy atom. The molecule has 6 rings (SSSR count). The van der Waals surface area contributed by atoms with Gasteiger partial charge in [0.05, 0.1) is 21.6 Å². The van der Waals surface area contributed by atoms with Crippen LogP contribution in [0.5, 0.6) is 0 Å². The number of piperidine rings is 1. The van der Waals surface area contributed by atoms with Crippen LogP contribution in [0.25, 0.3) is 32.3 Å². The normalized spacial score (nSPS) is 16.9. The number of hydrogen-bond acceptors (Lipinski definition) is 6. The number of carbonyl (C=O) groups excluding carboxylic acids is 1. The van der Waals surface area contributed by atoms with Gasteiger partial charge in [0.25, 0.3) is 5.56 Å². The Kier molecular flexibility index (Phi) is 4.53. The molecule has 1 amide bonds. The van der Waals surface area contributed by atoms with Crippen molar-refractivity contribution < 1.29 is 9.21 Å². The first-order valence-electron chi connectivity index (χ1n) is 10.7. The molecule has 1 saturated heterocycles. The molecule has 0 bridgehead atoms. The molecule has 0 N–H and O–H groups in total. The first-order valence-corrected chi connectivity index (χ1v) is 11.5. The minimum absolute atomic E-state index is 0.0502. The van der Waals surface area contributed by atoms with Gasteiger partial charge in [0, 0.05) is 24.4 Å². The number of hydrogen-bond donors (Lipinski definition) is 0. The van der Waals surface area contributed by atoms with Crippen molar-refractivity contribution in [2.75, 3.05) is 13.1 Å². The Labute approximate surface area is 186 Å². The van der Waals surface area contributed by atoms with Gasteiger partial charge in [-0.05, 0) is 37.1 Å². The second-order valence-electron chi connectivity index (χ2n) is 8.15. The molecule has 1 atom stereocenters. The second kappa shape index (κ2) is 7.56. The molecule has 0 spiro atoms. The van der Waals surface area contributed by atoms with Crippen molar-refractivity contribution in [1.29, 1.82) is 0 Å². The summed E-state index contributed by atoms with van der Waals surface area (Å²) < 4.78 is 8.24. The summed E-state index contributed by atoms with van der Waals surface area (Å²) in [4.78, 5) is 37.1. The van der Waals surface area contributed by atoms with Gasteiger partial charge in [0.1, 0.15) is 17.6 Å². The molecule has 0 radical (unpaired) electrons. The monoisotopic (exact) mass is 444 g/mol. The third-order valence-corrected chi connectivity index (χ3v) is 7.29. The summed E-state index contributed by atoms with van der Waals surface area (Å²) in [6.07, 6.45) is 3.37.